The summed E-state index contributed by atoms with van der Waals surface area (Å²) in [5.41, 5.74) is -0.940. The SMILES string of the molecule is COC(C=O)(Cc1ccc(Oc2ccc(C=C3SC(=O)NC3=O)cc2)cc1)NC(=O)CNC(=O)OC(C)(C)C. The second-order valence-corrected chi connectivity index (χ2v) is 10.5. The topological polar surface area (TPSA) is 149 Å². The third-order valence-electron chi connectivity index (χ3n) is 5.14. The molecule has 3 N–H and O–H groups in total. The number of carbonyl (C=O) groups excluding carboxylic acids is 5. The van der Waals surface area contributed by atoms with Crippen LogP contribution in [0.3, 0.4) is 0 Å². The van der Waals surface area contributed by atoms with Crippen molar-refractivity contribution in [3.05, 3.63) is 64.6 Å². The van der Waals surface area contributed by atoms with Crippen molar-refractivity contribution >= 4 is 47.3 Å². The number of amides is 4. The zero-order chi connectivity index (χ0) is 28.6. The number of ether oxygens (including phenoxy) is 3. The van der Waals surface area contributed by atoms with E-state index in [1.165, 1.54) is 7.11 Å². The van der Waals surface area contributed by atoms with Crippen LogP contribution in [-0.2, 0) is 30.3 Å². The van der Waals surface area contributed by atoms with Gasteiger partial charge in [-0.3, -0.25) is 24.5 Å². The summed E-state index contributed by atoms with van der Waals surface area (Å²) in [6.07, 6.45) is 1.38. The first kappa shape index (κ1) is 29.4. The van der Waals surface area contributed by atoms with Crippen molar-refractivity contribution < 1.29 is 38.2 Å². The van der Waals surface area contributed by atoms with Gasteiger partial charge in [-0.05, 0) is 74.0 Å². The Morgan fingerprint density at radius 1 is 1.00 bits per heavy atom. The Kier molecular flexibility index (Phi) is 9.49. The molecule has 39 heavy (non-hydrogen) atoms. The minimum Gasteiger partial charge on any atom is -0.457 e. The fourth-order valence-corrected chi connectivity index (χ4v) is 4.03. The van der Waals surface area contributed by atoms with E-state index in [-0.39, 0.29) is 6.42 Å². The van der Waals surface area contributed by atoms with Crippen molar-refractivity contribution in [2.75, 3.05) is 13.7 Å². The van der Waals surface area contributed by atoms with Crippen LogP contribution in [0.15, 0.2) is 53.4 Å². The summed E-state index contributed by atoms with van der Waals surface area (Å²) in [6.45, 7) is 4.69. The monoisotopic (exact) mass is 555 g/mol. The second-order valence-electron chi connectivity index (χ2n) is 9.46. The fraction of sp³-hybridized carbons (Fsp3) is 0.296. The van der Waals surface area contributed by atoms with Gasteiger partial charge in [0.15, 0.2) is 6.29 Å². The Balaban J connectivity index is 1.57. The average molecular weight is 556 g/mol. The Labute approximate surface area is 229 Å². The summed E-state index contributed by atoms with van der Waals surface area (Å²) in [4.78, 5) is 59.3. The first-order chi connectivity index (χ1) is 18.4. The van der Waals surface area contributed by atoms with Crippen LogP contribution in [0.5, 0.6) is 11.5 Å². The quantitative estimate of drug-likeness (QED) is 0.227. The Hall–Kier alpha value is -4.16. The molecule has 1 unspecified atom stereocenters. The zero-order valence-corrected chi connectivity index (χ0v) is 22.7. The maximum absolute atomic E-state index is 12.4. The van der Waals surface area contributed by atoms with E-state index in [4.69, 9.17) is 14.2 Å². The first-order valence-corrected chi connectivity index (χ1v) is 12.6. The molecule has 3 rings (SSSR count). The minimum atomic E-state index is -1.64. The average Bonchev–Trinajstić information content (AvgIpc) is 3.19. The number of imide groups is 1. The van der Waals surface area contributed by atoms with Crippen LogP contribution in [-0.4, -0.2) is 54.4 Å². The minimum absolute atomic E-state index is 0.0307. The molecule has 0 saturated carbocycles. The molecule has 12 heteroatoms. The van der Waals surface area contributed by atoms with Crippen LogP contribution in [0.2, 0.25) is 0 Å². The van der Waals surface area contributed by atoms with Gasteiger partial charge in [0.1, 0.15) is 23.6 Å². The Morgan fingerprint density at radius 3 is 2.13 bits per heavy atom. The summed E-state index contributed by atoms with van der Waals surface area (Å²) < 4.78 is 16.3. The number of hydrogen-bond donors (Lipinski definition) is 3. The number of benzene rings is 2. The smallest absolute Gasteiger partial charge is 0.408 e. The lowest BCUT2D eigenvalue weighted by molar-refractivity contribution is -0.141. The van der Waals surface area contributed by atoms with Gasteiger partial charge in [0.05, 0.1) is 4.91 Å². The molecular weight excluding hydrogens is 526 g/mol. The normalized spacial score (nSPS) is 15.7. The maximum atomic E-state index is 12.4. The molecular formula is C27H29N3O8S. The number of rotatable bonds is 10. The highest BCUT2D eigenvalue weighted by Crippen LogP contribution is 2.27. The van der Waals surface area contributed by atoms with E-state index in [2.05, 4.69) is 16.0 Å². The molecule has 11 nitrogen and oxygen atoms in total. The molecule has 206 valence electrons. The molecule has 1 aliphatic heterocycles. The van der Waals surface area contributed by atoms with Crippen molar-refractivity contribution in [3.8, 4) is 11.5 Å². The van der Waals surface area contributed by atoms with Gasteiger partial charge in [-0.25, -0.2) is 4.79 Å². The third kappa shape index (κ3) is 8.97. The van der Waals surface area contributed by atoms with Gasteiger partial charge < -0.3 is 24.8 Å². The Morgan fingerprint density at radius 2 is 1.62 bits per heavy atom. The molecule has 1 saturated heterocycles. The lowest BCUT2D eigenvalue weighted by Crippen LogP contribution is -2.55. The third-order valence-corrected chi connectivity index (χ3v) is 5.95. The van der Waals surface area contributed by atoms with E-state index in [9.17, 15) is 24.0 Å². The number of thioether (sulfide) groups is 1. The number of hydrogen-bond acceptors (Lipinski definition) is 9. The van der Waals surface area contributed by atoms with Crippen LogP contribution >= 0.6 is 11.8 Å². The van der Waals surface area contributed by atoms with Crippen LogP contribution < -0.4 is 20.7 Å². The highest BCUT2D eigenvalue weighted by atomic mass is 32.2. The van der Waals surface area contributed by atoms with E-state index in [0.29, 0.717) is 28.3 Å². The van der Waals surface area contributed by atoms with E-state index in [1.807, 2.05) is 0 Å². The molecule has 1 fully saturated rings. The fourth-order valence-electron chi connectivity index (χ4n) is 3.35. The zero-order valence-electron chi connectivity index (χ0n) is 21.9. The van der Waals surface area contributed by atoms with Crippen LogP contribution in [0.1, 0.15) is 31.9 Å². The predicted octanol–water partition coefficient (Wildman–Crippen LogP) is 3.53. The van der Waals surface area contributed by atoms with Gasteiger partial charge >= 0.3 is 6.09 Å². The van der Waals surface area contributed by atoms with Crippen molar-refractivity contribution in [3.63, 3.8) is 0 Å². The van der Waals surface area contributed by atoms with Gasteiger partial charge in [-0.1, -0.05) is 24.3 Å². The molecule has 0 radical (unpaired) electrons. The van der Waals surface area contributed by atoms with Crippen LogP contribution in [0.4, 0.5) is 9.59 Å². The molecule has 2 aromatic carbocycles. The number of alkyl carbamates (subject to hydrolysis) is 1. The summed E-state index contributed by atoms with van der Waals surface area (Å²) in [7, 11) is 1.29. The molecule has 0 bridgehead atoms. The standard InChI is InChI=1S/C27H29N3O8S/c1-26(2,3)38-24(34)28-15-22(32)30-27(16-31,36-4)14-18-7-11-20(12-8-18)37-19-9-5-17(6-10-19)13-21-23(33)29-25(35)39-21/h5-13,16H,14-15H2,1-4H3,(H,28,34)(H,30,32)(H,29,33,35). The molecule has 0 aliphatic carbocycles. The number of aldehydes is 1. The highest BCUT2D eigenvalue weighted by molar-refractivity contribution is 8.18. The Bertz CT molecular complexity index is 1270. The largest absolute Gasteiger partial charge is 0.457 e. The molecule has 0 spiro atoms. The van der Waals surface area contributed by atoms with Crippen LogP contribution in [0.25, 0.3) is 6.08 Å². The highest BCUT2D eigenvalue weighted by Gasteiger charge is 2.32. The summed E-state index contributed by atoms with van der Waals surface area (Å²) in [5.74, 6) is 0.0244. The van der Waals surface area contributed by atoms with Crippen molar-refractivity contribution in [1.29, 1.82) is 0 Å². The molecule has 1 atom stereocenters. The molecule has 1 aliphatic rings. The summed E-state index contributed by atoms with van der Waals surface area (Å²) >= 11 is 0.846. The lowest BCUT2D eigenvalue weighted by atomic mass is 10.0. The molecule has 4 amide bonds. The lowest BCUT2D eigenvalue weighted by Gasteiger charge is -2.28. The van der Waals surface area contributed by atoms with Gasteiger partial charge in [-0.15, -0.1) is 0 Å². The number of nitrogens with one attached hydrogen (secondary N) is 3. The van der Waals surface area contributed by atoms with Gasteiger partial charge in [0.2, 0.25) is 11.6 Å². The number of methoxy groups -OCH3 is 1. The van der Waals surface area contributed by atoms with E-state index < -0.39 is 41.0 Å². The van der Waals surface area contributed by atoms with E-state index in [0.717, 1.165) is 17.3 Å². The summed E-state index contributed by atoms with van der Waals surface area (Å²) in [5, 5.41) is 6.65. The van der Waals surface area contributed by atoms with Gasteiger partial charge in [0, 0.05) is 13.5 Å². The molecule has 0 aromatic heterocycles. The van der Waals surface area contributed by atoms with E-state index >= 15 is 0 Å². The van der Waals surface area contributed by atoms with Gasteiger partial charge in [-0.2, -0.15) is 0 Å². The second kappa shape index (κ2) is 12.6. The number of carbonyl (C=O) groups is 5. The molecule has 1 heterocycles. The van der Waals surface area contributed by atoms with Crippen LogP contribution in [0, 0.1) is 0 Å². The van der Waals surface area contributed by atoms with Gasteiger partial charge in [0.25, 0.3) is 11.1 Å². The van der Waals surface area contributed by atoms with Crippen molar-refractivity contribution in [1.82, 2.24) is 16.0 Å². The first-order valence-electron chi connectivity index (χ1n) is 11.8. The van der Waals surface area contributed by atoms with E-state index in [1.54, 1.807) is 75.4 Å². The molecule has 2 aromatic rings. The summed E-state index contributed by atoms with van der Waals surface area (Å²) in [6, 6.07) is 13.8. The van der Waals surface area contributed by atoms with Crippen molar-refractivity contribution in [2.24, 2.45) is 0 Å². The van der Waals surface area contributed by atoms with Crippen molar-refractivity contribution in [2.45, 2.75) is 38.5 Å². The predicted molar refractivity (Wildman–Crippen MR) is 144 cm³/mol. The maximum Gasteiger partial charge on any atom is 0.408 e.